The van der Waals surface area contributed by atoms with E-state index in [1.54, 1.807) is 34.6 Å². The van der Waals surface area contributed by atoms with Gasteiger partial charge in [0.25, 0.3) is 0 Å². The number of hydrogen-bond donors (Lipinski definition) is 7. The van der Waals surface area contributed by atoms with Crippen molar-refractivity contribution < 1.29 is 191 Å². The molecule has 820 valence electrons. The predicted octanol–water partition coefficient (Wildman–Crippen LogP) is 22.2. The van der Waals surface area contributed by atoms with Crippen molar-refractivity contribution in [3.8, 4) is 0 Å². The van der Waals surface area contributed by atoms with Crippen molar-refractivity contribution in [1.82, 2.24) is 0 Å². The monoisotopic (exact) mass is 2080 g/mol. The maximum atomic E-state index is 13.2. The molecule has 14 aliphatic carbocycles. The topological polar surface area (TPSA) is 335 Å². The first kappa shape index (κ1) is 129. The molecule has 7 N–H and O–H groups in total. The van der Waals surface area contributed by atoms with Gasteiger partial charge < -0.3 is 73.6 Å². The number of aliphatic hydroxyl groups is 7. The smallest absolute Gasteiger partial charge is 0.417 e. The first-order valence-corrected chi connectivity index (χ1v) is 48.2. The van der Waals surface area contributed by atoms with Gasteiger partial charge >= 0.3 is 78.8 Å². The van der Waals surface area contributed by atoms with E-state index in [0.717, 1.165) is 117 Å². The van der Waals surface area contributed by atoms with Gasteiger partial charge in [-0.05, 0) is 330 Å². The van der Waals surface area contributed by atoms with Crippen molar-refractivity contribution in [2.45, 2.75) is 362 Å². The molecule has 0 radical (unpaired) electrons. The Morgan fingerprint density at radius 2 is 0.754 bits per heavy atom. The van der Waals surface area contributed by atoms with E-state index in [9.17, 15) is 148 Å². The van der Waals surface area contributed by atoms with Gasteiger partial charge in [-0.2, -0.15) is 79.0 Å². The fraction of sp³-hybridized carbons (Fsp3) is 0.792. The molecular formula is C101H151F19O22. The number of carbonyl (C=O) groups is 7. The van der Waals surface area contributed by atoms with E-state index in [2.05, 4.69) is 74.5 Å². The van der Waals surface area contributed by atoms with Gasteiger partial charge in [0, 0.05) is 46.3 Å². The number of halogens is 19. The minimum atomic E-state index is -4.65. The zero-order valence-electron chi connectivity index (χ0n) is 83.8. The molecule has 10 bridgehead atoms. The molecule has 0 heterocycles. The van der Waals surface area contributed by atoms with Crippen LogP contribution in [-0.4, -0.2) is 208 Å². The SMILES string of the molecule is C=C(C)C(=O)OC.C=C(C)C(=O)OC.C=C(C)C(=O)OC1CCCC2C1CCCC2C(C)(O)C(F)(F)F.C=C(C)C(=O)OCC.C=C(CC(=O)OC)C(=O)OC.C=CC(=O)OC.C=COC1CCC(C(C)(O)C(F)(F)F)C2CCCCC12.CC(O)(CC1CC2CCC1C2)C(F)(F)F.OC1(C(F)(F)F)CC2CCC1C2.OC1(C(F)(F)F)CC2CCC1C2.OC1(C(F)(F)F)CC2CCC1C2.OC1(F)CC2CCC1C2. The summed E-state index contributed by atoms with van der Waals surface area (Å²) >= 11 is 0. The summed E-state index contributed by atoms with van der Waals surface area (Å²) in [6.07, 6.45) is -3.64. The second-order valence-electron chi connectivity index (χ2n) is 40.9. The summed E-state index contributed by atoms with van der Waals surface area (Å²) in [7, 11) is 6.44. The van der Waals surface area contributed by atoms with Crippen molar-refractivity contribution in [1.29, 1.82) is 0 Å². The molecule has 0 amide bonds. The van der Waals surface area contributed by atoms with Crippen molar-refractivity contribution in [3.05, 3.63) is 86.3 Å². The van der Waals surface area contributed by atoms with Crippen LogP contribution in [0.25, 0.3) is 0 Å². The van der Waals surface area contributed by atoms with Gasteiger partial charge in [-0.3, -0.25) is 4.79 Å². The summed E-state index contributed by atoms with van der Waals surface area (Å²) in [5.41, 5.74) is -13.1. The van der Waals surface area contributed by atoms with E-state index in [1.165, 1.54) is 48.2 Å². The predicted molar refractivity (Wildman–Crippen MR) is 486 cm³/mol. The molecular weight excluding hydrogens is 1930 g/mol. The van der Waals surface area contributed by atoms with Gasteiger partial charge in [0.15, 0.2) is 33.6 Å². The van der Waals surface area contributed by atoms with Gasteiger partial charge in [-0.25, -0.2) is 33.2 Å². The Morgan fingerprint density at radius 1 is 0.387 bits per heavy atom. The highest BCUT2D eigenvalue weighted by Crippen LogP contribution is 2.62. The summed E-state index contributed by atoms with van der Waals surface area (Å²) < 4.78 is 277. The number of fused-ring (bicyclic) bond motifs is 12. The number of hydrogen-bond acceptors (Lipinski definition) is 22. The van der Waals surface area contributed by atoms with Gasteiger partial charge in [0.05, 0.1) is 54.8 Å². The number of rotatable bonds is 16. The molecule has 0 spiro atoms. The van der Waals surface area contributed by atoms with Crippen LogP contribution in [0.2, 0.25) is 0 Å². The minimum Gasteiger partial charge on any atom is -0.498 e. The lowest BCUT2D eigenvalue weighted by molar-refractivity contribution is -0.287. The third-order valence-corrected chi connectivity index (χ3v) is 30.7. The van der Waals surface area contributed by atoms with E-state index in [4.69, 9.17) is 14.6 Å². The third-order valence-electron chi connectivity index (χ3n) is 30.7. The molecule has 0 saturated heterocycles. The van der Waals surface area contributed by atoms with E-state index < -0.39 is 130 Å². The van der Waals surface area contributed by atoms with E-state index in [-0.39, 0.29) is 121 Å². The lowest BCUT2D eigenvalue weighted by atomic mass is 9.60. The van der Waals surface area contributed by atoms with Crippen molar-refractivity contribution in [3.63, 3.8) is 0 Å². The van der Waals surface area contributed by atoms with Crippen LogP contribution in [0.1, 0.15) is 274 Å². The lowest BCUT2D eigenvalue weighted by Crippen LogP contribution is -2.56. The largest absolute Gasteiger partial charge is 0.498 e. The number of ether oxygens (including phenoxy) is 8. The first-order valence-electron chi connectivity index (χ1n) is 48.2. The molecule has 14 fully saturated rings. The zero-order chi connectivity index (χ0) is 109. The Hall–Kier alpha value is -7.34. The second-order valence-corrected chi connectivity index (χ2v) is 40.9. The van der Waals surface area contributed by atoms with Gasteiger partial charge in [-0.15, -0.1) is 0 Å². The van der Waals surface area contributed by atoms with E-state index in [0.29, 0.717) is 137 Å². The summed E-state index contributed by atoms with van der Waals surface area (Å²) in [5.74, 6) is -6.34. The van der Waals surface area contributed by atoms with E-state index in [1.807, 2.05) is 0 Å². The quantitative estimate of drug-likeness (QED) is 0.0248. The fourth-order valence-corrected chi connectivity index (χ4v) is 22.9. The Balaban J connectivity index is 0.000000407. The van der Waals surface area contributed by atoms with Crippen LogP contribution in [0.15, 0.2) is 86.3 Å². The summed E-state index contributed by atoms with van der Waals surface area (Å²) in [5, 5.41) is 66.8. The third kappa shape index (κ3) is 35.5. The molecule has 26 unspecified atom stereocenters. The average molecular weight is 2080 g/mol. The molecule has 0 aromatic rings. The molecule has 142 heavy (non-hydrogen) atoms. The Labute approximate surface area is 820 Å². The second kappa shape index (κ2) is 54.0. The highest BCUT2D eigenvalue weighted by Gasteiger charge is 2.68. The fourth-order valence-electron chi connectivity index (χ4n) is 22.9. The van der Waals surface area contributed by atoms with Crippen molar-refractivity contribution in [2.24, 2.45) is 101 Å². The molecule has 14 rings (SSSR count). The summed E-state index contributed by atoms with van der Waals surface area (Å²) in [4.78, 5) is 73.6. The van der Waals surface area contributed by atoms with Gasteiger partial charge in [-0.1, -0.05) is 71.7 Å². The number of alkyl halides is 19. The van der Waals surface area contributed by atoms with Crippen molar-refractivity contribution in [2.75, 3.05) is 42.2 Å². The van der Waals surface area contributed by atoms with Crippen LogP contribution < -0.4 is 0 Å². The Bertz CT molecular complexity index is 4000. The van der Waals surface area contributed by atoms with Crippen LogP contribution in [0, 0.1) is 101 Å². The van der Waals surface area contributed by atoms with Crippen molar-refractivity contribution >= 4 is 41.8 Å². The lowest BCUT2D eigenvalue weighted by Gasteiger charge is -2.50. The molecule has 14 saturated carbocycles. The minimum absolute atomic E-state index is 0.0255. The highest BCUT2D eigenvalue weighted by atomic mass is 19.4. The normalized spacial score (nSPS) is 32.7. The Kier molecular flexibility index (Phi) is 49.0. The van der Waals surface area contributed by atoms with Crippen LogP contribution in [-0.2, 0) is 71.5 Å². The summed E-state index contributed by atoms with van der Waals surface area (Å²) in [6.45, 7) is 35.0. The average Bonchev–Trinajstić information content (AvgIpc) is 1.68. The van der Waals surface area contributed by atoms with Crippen LogP contribution in [0.5, 0.6) is 0 Å². The molecule has 26 atom stereocenters. The van der Waals surface area contributed by atoms with Gasteiger partial charge in [0.1, 0.15) is 12.2 Å². The number of esters is 7. The molecule has 22 nitrogen and oxygen atoms in total. The molecule has 41 heteroatoms. The maximum absolute atomic E-state index is 13.2. The molecule has 0 aromatic heterocycles. The number of carbonyl (C=O) groups excluding carboxylic acids is 7. The molecule has 0 aliphatic heterocycles. The van der Waals surface area contributed by atoms with E-state index >= 15 is 0 Å². The Morgan fingerprint density at radius 3 is 1.01 bits per heavy atom. The molecule has 0 aromatic carbocycles. The van der Waals surface area contributed by atoms with Gasteiger partial charge in [0.2, 0.25) is 5.85 Å². The number of methoxy groups -OCH3 is 5. The van der Waals surface area contributed by atoms with Crippen LogP contribution in [0.3, 0.4) is 0 Å². The summed E-state index contributed by atoms with van der Waals surface area (Å²) in [6, 6.07) is 0. The standard InChI is InChI=1S/C17H25F3O3.C15H23F3O2.C11H17F3O.3C8H11F3O.C7H11FO.C7H10O4.C6H10O2.2C5H8O2.C4H6O2/c1-10(2)15(21)23-14-9-5-6-11-12(14)7-4-8-13(11)16(3,22)17(18,19)20;1-3-20-13-9-8-12(14(2,19)15(16,17)18)10-6-4-5-7-11(10)13;1-10(15,11(12,13)14)6-9-5-7-2-3-8(9)4-7;3*9-8(10,11)7(12)4-5-1-2-6(7)3-5;8-7(9)4-5-1-2-6(7)3-5;1-5(7(9)11-3)4-6(8)10-2;1-4-8-6(7)5(2)3;2*1-4(2)5(6)7-3;1-3-4(5)6-2/h11-14,22H,1,4-9H2,2-3H3;3,10-13,19H,1,4-9H2,2H3;7-9,15H,2-6H2,1H3;3*5-6,12H,1-4H2;5-6,9H,1-4H2;1,4H2,2-3H3;2,4H2,1,3H3;2*1H2,2-3H3;3H,1H2,2H3. The highest BCUT2D eigenvalue weighted by molar-refractivity contribution is 5.93. The first-order chi connectivity index (χ1) is 65.1. The molecule has 14 aliphatic rings. The van der Waals surface area contributed by atoms with Crippen LogP contribution in [0.4, 0.5) is 83.4 Å². The van der Waals surface area contributed by atoms with Crippen LogP contribution >= 0.6 is 0 Å². The maximum Gasteiger partial charge on any atom is 0.417 e. The zero-order valence-corrected chi connectivity index (χ0v) is 83.8.